The second-order valence-electron chi connectivity index (χ2n) is 8.38. The van der Waals surface area contributed by atoms with Crippen LogP contribution in [0.1, 0.15) is 42.6 Å². The highest BCUT2D eigenvalue weighted by atomic mass is 16.5. The van der Waals surface area contributed by atoms with Gasteiger partial charge in [0.2, 0.25) is 0 Å². The van der Waals surface area contributed by atoms with E-state index in [1.807, 2.05) is 36.5 Å². The molecule has 9 heteroatoms. The molecule has 1 aromatic carbocycles. The highest BCUT2D eigenvalue weighted by Crippen LogP contribution is 2.36. The number of ether oxygens (including phenoxy) is 1. The molecule has 9 nitrogen and oxygen atoms in total. The Kier molecular flexibility index (Phi) is 6.30. The van der Waals surface area contributed by atoms with Crippen LogP contribution in [0.2, 0.25) is 0 Å². The van der Waals surface area contributed by atoms with Gasteiger partial charge in [-0.05, 0) is 48.9 Å². The third-order valence-electron chi connectivity index (χ3n) is 5.76. The number of rotatable bonds is 9. The molecule has 2 heterocycles. The van der Waals surface area contributed by atoms with Crippen LogP contribution in [0.3, 0.4) is 0 Å². The third-order valence-corrected chi connectivity index (χ3v) is 5.76. The molecule has 0 spiro atoms. The number of anilines is 1. The summed E-state index contributed by atoms with van der Waals surface area (Å²) in [6, 6.07) is 9.94. The van der Waals surface area contributed by atoms with Gasteiger partial charge >= 0.3 is 5.97 Å². The number of esters is 1. The van der Waals surface area contributed by atoms with Crippen LogP contribution < -0.4 is 16.4 Å². The van der Waals surface area contributed by atoms with E-state index in [2.05, 4.69) is 22.7 Å². The van der Waals surface area contributed by atoms with Crippen LogP contribution in [0.4, 0.5) is 5.69 Å². The van der Waals surface area contributed by atoms with Crippen LogP contribution >= 0.6 is 0 Å². The summed E-state index contributed by atoms with van der Waals surface area (Å²) < 4.78 is 6.44. The van der Waals surface area contributed by atoms with E-state index < -0.39 is 11.9 Å². The predicted octanol–water partition coefficient (Wildman–Crippen LogP) is 2.49. The summed E-state index contributed by atoms with van der Waals surface area (Å²) in [7, 11) is 0. The standard InChI is InChI=1S/C24H27N5O4/c1-14(17-6-7-17)28-23-20(24(25)32)11-27-29-12-19(9-21(23)29)18-5-3-4-16(8-18)10-26-22(31)13-33-15(2)30/h3-5,8-9,11-12,14,17,28H,6-7,10,13H2,1-2H3,(H2,25,32)(H,26,31)/t14-/m1/s1. The number of benzene rings is 1. The molecule has 1 fully saturated rings. The molecule has 0 bridgehead atoms. The van der Waals surface area contributed by atoms with Gasteiger partial charge < -0.3 is 21.1 Å². The summed E-state index contributed by atoms with van der Waals surface area (Å²) in [5.41, 5.74) is 10.2. The maximum absolute atomic E-state index is 12.0. The van der Waals surface area contributed by atoms with Gasteiger partial charge in [0.25, 0.3) is 11.8 Å². The normalized spacial score (nSPS) is 14.0. The van der Waals surface area contributed by atoms with Crippen LogP contribution in [0, 0.1) is 5.92 Å². The topological polar surface area (TPSA) is 128 Å². The van der Waals surface area contributed by atoms with Crippen molar-refractivity contribution in [2.24, 2.45) is 11.7 Å². The number of nitrogens with zero attached hydrogens (tertiary/aromatic N) is 2. The minimum absolute atomic E-state index is 0.228. The predicted molar refractivity (Wildman–Crippen MR) is 123 cm³/mol. The number of hydrogen-bond donors (Lipinski definition) is 3. The molecule has 2 amide bonds. The Morgan fingerprint density at radius 1 is 1.24 bits per heavy atom. The van der Waals surface area contributed by atoms with E-state index in [9.17, 15) is 14.4 Å². The highest BCUT2D eigenvalue weighted by Gasteiger charge is 2.29. The molecule has 0 saturated heterocycles. The number of carbonyl (C=O) groups excluding carboxylic acids is 3. The van der Waals surface area contributed by atoms with E-state index in [1.54, 1.807) is 4.52 Å². The minimum Gasteiger partial charge on any atom is -0.456 e. The number of nitrogens with two attached hydrogens (primary N) is 1. The molecule has 3 aromatic rings. The first-order chi connectivity index (χ1) is 15.8. The van der Waals surface area contributed by atoms with E-state index in [4.69, 9.17) is 10.5 Å². The maximum atomic E-state index is 12.0. The Labute approximate surface area is 191 Å². The Balaban J connectivity index is 1.58. The molecular formula is C24H27N5O4. The Hall–Kier alpha value is -3.88. The smallest absolute Gasteiger partial charge is 0.303 e. The SMILES string of the molecule is CC(=O)OCC(=O)NCc1cccc(-c2cc3c(N[C@H](C)C4CC4)c(C(N)=O)cnn3c2)c1. The molecule has 2 aromatic heterocycles. The number of fused-ring (bicyclic) bond motifs is 1. The highest BCUT2D eigenvalue weighted by molar-refractivity contribution is 6.02. The van der Waals surface area contributed by atoms with Crippen molar-refractivity contribution in [2.75, 3.05) is 11.9 Å². The summed E-state index contributed by atoms with van der Waals surface area (Å²) in [5, 5.41) is 10.6. The van der Waals surface area contributed by atoms with E-state index in [1.165, 1.54) is 26.0 Å². The maximum Gasteiger partial charge on any atom is 0.303 e. The van der Waals surface area contributed by atoms with Crippen LogP contribution in [-0.4, -0.2) is 40.0 Å². The molecule has 0 unspecified atom stereocenters. The van der Waals surface area contributed by atoms with Gasteiger partial charge in [-0.15, -0.1) is 0 Å². The quantitative estimate of drug-likeness (QED) is 0.431. The zero-order chi connectivity index (χ0) is 23.5. The third kappa shape index (κ3) is 5.31. The Morgan fingerprint density at radius 2 is 2.03 bits per heavy atom. The average Bonchev–Trinajstić information content (AvgIpc) is 3.55. The molecular weight excluding hydrogens is 422 g/mol. The number of amides is 2. The average molecular weight is 450 g/mol. The van der Waals surface area contributed by atoms with Gasteiger partial charge in [0.1, 0.15) is 0 Å². The molecule has 172 valence electrons. The zero-order valence-electron chi connectivity index (χ0n) is 18.6. The van der Waals surface area contributed by atoms with E-state index in [0.717, 1.165) is 22.2 Å². The summed E-state index contributed by atoms with van der Waals surface area (Å²) in [6.07, 6.45) is 5.75. The van der Waals surface area contributed by atoms with Crippen molar-refractivity contribution in [3.63, 3.8) is 0 Å². The number of nitrogens with one attached hydrogen (secondary N) is 2. The zero-order valence-corrected chi connectivity index (χ0v) is 18.6. The Bertz CT molecular complexity index is 1210. The molecule has 4 N–H and O–H groups in total. The number of primary amides is 1. The lowest BCUT2D eigenvalue weighted by Crippen LogP contribution is -2.27. The van der Waals surface area contributed by atoms with Crippen molar-refractivity contribution in [3.8, 4) is 11.1 Å². The number of carbonyl (C=O) groups is 3. The minimum atomic E-state index is -0.523. The lowest BCUT2D eigenvalue weighted by molar-refractivity contribution is -0.146. The largest absolute Gasteiger partial charge is 0.456 e. The van der Waals surface area contributed by atoms with Gasteiger partial charge in [-0.25, -0.2) is 4.52 Å². The second-order valence-corrected chi connectivity index (χ2v) is 8.38. The summed E-state index contributed by atoms with van der Waals surface area (Å²) >= 11 is 0. The van der Waals surface area contributed by atoms with Crippen molar-refractivity contribution in [1.82, 2.24) is 14.9 Å². The van der Waals surface area contributed by atoms with Crippen molar-refractivity contribution < 1.29 is 19.1 Å². The van der Waals surface area contributed by atoms with Crippen molar-refractivity contribution in [2.45, 2.75) is 39.3 Å². The molecule has 1 atom stereocenters. The molecule has 1 aliphatic carbocycles. The molecule has 0 aliphatic heterocycles. The Morgan fingerprint density at radius 3 is 2.73 bits per heavy atom. The number of aromatic nitrogens is 2. The molecule has 4 rings (SSSR count). The molecule has 0 radical (unpaired) electrons. The first-order valence-electron chi connectivity index (χ1n) is 10.9. The number of hydrogen-bond acceptors (Lipinski definition) is 6. The first kappa shape index (κ1) is 22.3. The molecule has 1 saturated carbocycles. The van der Waals surface area contributed by atoms with Gasteiger partial charge in [0.15, 0.2) is 6.61 Å². The fraction of sp³-hybridized carbons (Fsp3) is 0.333. The van der Waals surface area contributed by atoms with Gasteiger partial charge in [0.05, 0.1) is 23.0 Å². The monoisotopic (exact) mass is 449 g/mol. The van der Waals surface area contributed by atoms with Crippen molar-refractivity contribution >= 4 is 29.0 Å². The van der Waals surface area contributed by atoms with Crippen molar-refractivity contribution in [1.29, 1.82) is 0 Å². The summed E-state index contributed by atoms with van der Waals surface area (Å²) in [6.45, 7) is 3.37. The molecule has 33 heavy (non-hydrogen) atoms. The van der Waals surface area contributed by atoms with Crippen LogP contribution in [0.25, 0.3) is 16.6 Å². The van der Waals surface area contributed by atoms with Gasteiger partial charge in [-0.1, -0.05) is 18.2 Å². The van der Waals surface area contributed by atoms with E-state index >= 15 is 0 Å². The fourth-order valence-corrected chi connectivity index (χ4v) is 3.77. The lowest BCUT2D eigenvalue weighted by atomic mass is 10.1. The summed E-state index contributed by atoms with van der Waals surface area (Å²) in [4.78, 5) is 34.7. The van der Waals surface area contributed by atoms with Gasteiger partial charge in [0, 0.05) is 31.3 Å². The first-order valence-corrected chi connectivity index (χ1v) is 10.9. The van der Waals surface area contributed by atoms with Gasteiger partial charge in [-0.2, -0.15) is 5.10 Å². The van der Waals surface area contributed by atoms with Crippen molar-refractivity contribution in [3.05, 3.63) is 53.9 Å². The fourth-order valence-electron chi connectivity index (χ4n) is 3.77. The van der Waals surface area contributed by atoms with E-state index in [0.29, 0.717) is 23.7 Å². The summed E-state index contributed by atoms with van der Waals surface area (Å²) in [5.74, 6) is -0.791. The van der Waals surface area contributed by atoms with Crippen LogP contribution in [0.15, 0.2) is 42.7 Å². The van der Waals surface area contributed by atoms with Crippen LogP contribution in [0.5, 0.6) is 0 Å². The second kappa shape index (κ2) is 9.32. The lowest BCUT2D eigenvalue weighted by Gasteiger charge is -2.17. The van der Waals surface area contributed by atoms with Crippen LogP contribution in [-0.2, 0) is 20.9 Å². The van der Waals surface area contributed by atoms with E-state index in [-0.39, 0.29) is 18.6 Å². The van der Waals surface area contributed by atoms with Gasteiger partial charge in [-0.3, -0.25) is 14.4 Å². The molecule has 1 aliphatic rings.